The van der Waals surface area contributed by atoms with E-state index in [1.165, 1.54) is 5.69 Å². The van der Waals surface area contributed by atoms with Crippen molar-refractivity contribution in [3.8, 4) is 0 Å². The smallest absolute Gasteiger partial charge is 0.225 e. The van der Waals surface area contributed by atoms with Gasteiger partial charge in [0.1, 0.15) is 5.82 Å². The number of likely N-dealkylation sites (tertiary alicyclic amines) is 1. The van der Waals surface area contributed by atoms with E-state index in [1.54, 1.807) is 0 Å². The van der Waals surface area contributed by atoms with Gasteiger partial charge in [-0.25, -0.2) is 4.98 Å². The van der Waals surface area contributed by atoms with E-state index in [1.807, 2.05) is 33.9 Å². The number of aromatic nitrogens is 2. The molecule has 0 saturated carbocycles. The van der Waals surface area contributed by atoms with E-state index in [9.17, 15) is 4.79 Å². The van der Waals surface area contributed by atoms with Crippen molar-refractivity contribution in [2.75, 3.05) is 19.6 Å². The first kappa shape index (κ1) is 15.0. The van der Waals surface area contributed by atoms with Gasteiger partial charge in [-0.3, -0.25) is 9.69 Å². The summed E-state index contributed by atoms with van der Waals surface area (Å²) in [6.45, 7) is 11.7. The second kappa shape index (κ2) is 5.95. The van der Waals surface area contributed by atoms with Gasteiger partial charge >= 0.3 is 0 Å². The summed E-state index contributed by atoms with van der Waals surface area (Å²) in [7, 11) is 0. The molecule has 1 aliphatic rings. The van der Waals surface area contributed by atoms with E-state index in [0.29, 0.717) is 5.92 Å². The van der Waals surface area contributed by atoms with Crippen LogP contribution in [0.15, 0.2) is 6.20 Å². The van der Waals surface area contributed by atoms with Crippen molar-refractivity contribution in [3.63, 3.8) is 0 Å². The summed E-state index contributed by atoms with van der Waals surface area (Å²) in [4.78, 5) is 21.8. The molecule has 1 saturated heterocycles. The molecule has 112 valence electrons. The number of H-pyrrole nitrogens is 1. The van der Waals surface area contributed by atoms with Crippen molar-refractivity contribution in [1.82, 2.24) is 20.2 Å². The predicted molar refractivity (Wildman–Crippen MR) is 79.2 cm³/mol. The Morgan fingerprint density at radius 2 is 2.30 bits per heavy atom. The van der Waals surface area contributed by atoms with Crippen LogP contribution in [0.5, 0.6) is 0 Å². The van der Waals surface area contributed by atoms with Gasteiger partial charge in [0, 0.05) is 36.9 Å². The lowest BCUT2D eigenvalue weighted by atomic mass is 9.95. The Labute approximate surface area is 121 Å². The zero-order valence-corrected chi connectivity index (χ0v) is 13.0. The van der Waals surface area contributed by atoms with Crippen molar-refractivity contribution in [2.45, 2.75) is 40.7 Å². The Hall–Kier alpha value is -1.36. The van der Waals surface area contributed by atoms with E-state index in [4.69, 9.17) is 0 Å². The molecule has 2 heterocycles. The van der Waals surface area contributed by atoms with Crippen LogP contribution in [0.4, 0.5) is 0 Å². The SMILES string of the molecule is Cc1ncc(CN2CCC(CNC(=O)C(C)(C)C)C2)[nH]1. The van der Waals surface area contributed by atoms with Gasteiger partial charge in [-0.15, -0.1) is 0 Å². The Kier molecular flexibility index (Phi) is 4.48. The van der Waals surface area contributed by atoms with Crippen LogP contribution < -0.4 is 5.32 Å². The number of imidazole rings is 1. The van der Waals surface area contributed by atoms with E-state index >= 15 is 0 Å². The van der Waals surface area contributed by atoms with E-state index in [-0.39, 0.29) is 11.3 Å². The normalized spacial score (nSPS) is 20.3. The second-order valence-corrected chi connectivity index (χ2v) is 6.84. The highest BCUT2D eigenvalue weighted by atomic mass is 16.2. The molecular formula is C15H26N4O. The van der Waals surface area contributed by atoms with Gasteiger partial charge in [-0.2, -0.15) is 0 Å². The molecule has 0 bridgehead atoms. The van der Waals surface area contributed by atoms with Crippen LogP contribution in [0, 0.1) is 18.3 Å². The standard InChI is InChI=1S/C15H26N4O/c1-11-16-8-13(18-11)10-19-6-5-12(9-19)7-17-14(20)15(2,3)4/h8,12H,5-7,9-10H2,1-4H3,(H,16,18)(H,17,20). The maximum absolute atomic E-state index is 11.9. The van der Waals surface area contributed by atoms with Crippen LogP contribution in [-0.4, -0.2) is 40.4 Å². The van der Waals surface area contributed by atoms with Crippen molar-refractivity contribution < 1.29 is 4.79 Å². The number of rotatable bonds is 4. The van der Waals surface area contributed by atoms with Crippen LogP contribution in [0.1, 0.15) is 38.7 Å². The van der Waals surface area contributed by atoms with Gasteiger partial charge in [-0.1, -0.05) is 20.8 Å². The quantitative estimate of drug-likeness (QED) is 0.881. The van der Waals surface area contributed by atoms with Crippen molar-refractivity contribution in [3.05, 3.63) is 17.7 Å². The highest BCUT2D eigenvalue weighted by Gasteiger charge is 2.26. The lowest BCUT2D eigenvalue weighted by molar-refractivity contribution is -0.128. The summed E-state index contributed by atoms with van der Waals surface area (Å²) < 4.78 is 0. The average Bonchev–Trinajstić information content (AvgIpc) is 2.95. The number of hydrogen-bond acceptors (Lipinski definition) is 3. The van der Waals surface area contributed by atoms with Gasteiger partial charge in [0.25, 0.3) is 0 Å². The number of amides is 1. The molecule has 1 amide bonds. The molecule has 1 aliphatic heterocycles. The highest BCUT2D eigenvalue weighted by molar-refractivity contribution is 5.81. The van der Waals surface area contributed by atoms with Crippen LogP contribution in [0.2, 0.25) is 0 Å². The first-order valence-electron chi connectivity index (χ1n) is 7.36. The maximum atomic E-state index is 11.9. The third kappa shape index (κ3) is 4.07. The third-order valence-corrected chi connectivity index (χ3v) is 3.75. The molecule has 1 unspecified atom stereocenters. The molecule has 1 atom stereocenters. The first-order chi connectivity index (χ1) is 9.34. The minimum Gasteiger partial charge on any atom is -0.355 e. The number of carbonyl (C=O) groups is 1. The Bertz CT molecular complexity index is 461. The topological polar surface area (TPSA) is 61.0 Å². The molecule has 2 N–H and O–H groups in total. The van der Waals surface area contributed by atoms with Crippen LogP contribution >= 0.6 is 0 Å². The molecule has 1 aromatic rings. The van der Waals surface area contributed by atoms with Crippen molar-refractivity contribution in [1.29, 1.82) is 0 Å². The van der Waals surface area contributed by atoms with Crippen molar-refractivity contribution >= 4 is 5.91 Å². The molecular weight excluding hydrogens is 252 g/mol. The van der Waals surface area contributed by atoms with Gasteiger partial charge in [-0.05, 0) is 25.8 Å². The second-order valence-electron chi connectivity index (χ2n) is 6.84. The van der Waals surface area contributed by atoms with Crippen LogP contribution in [-0.2, 0) is 11.3 Å². The number of hydrogen-bond donors (Lipinski definition) is 2. The molecule has 1 fully saturated rings. The molecule has 0 aliphatic carbocycles. The molecule has 5 heteroatoms. The summed E-state index contributed by atoms with van der Waals surface area (Å²) in [5.74, 6) is 1.67. The fourth-order valence-electron chi connectivity index (χ4n) is 2.52. The van der Waals surface area contributed by atoms with Crippen LogP contribution in [0.25, 0.3) is 0 Å². The largest absolute Gasteiger partial charge is 0.355 e. The molecule has 0 radical (unpaired) electrons. The number of aromatic amines is 1. The van der Waals surface area contributed by atoms with Gasteiger partial charge in [0.05, 0.1) is 0 Å². The summed E-state index contributed by atoms with van der Waals surface area (Å²) >= 11 is 0. The van der Waals surface area contributed by atoms with Gasteiger partial charge in [0.15, 0.2) is 0 Å². The summed E-state index contributed by atoms with van der Waals surface area (Å²) in [5.41, 5.74) is 0.869. The lowest BCUT2D eigenvalue weighted by Gasteiger charge is -2.20. The minimum absolute atomic E-state index is 0.139. The van der Waals surface area contributed by atoms with E-state index in [0.717, 1.165) is 38.4 Å². The number of nitrogens with zero attached hydrogens (tertiary/aromatic N) is 2. The Morgan fingerprint density at radius 1 is 1.55 bits per heavy atom. The van der Waals surface area contributed by atoms with E-state index < -0.39 is 0 Å². The number of nitrogens with one attached hydrogen (secondary N) is 2. The fourth-order valence-corrected chi connectivity index (χ4v) is 2.52. The zero-order valence-electron chi connectivity index (χ0n) is 13.0. The Balaban J connectivity index is 1.74. The molecule has 20 heavy (non-hydrogen) atoms. The summed E-state index contributed by atoms with van der Waals surface area (Å²) in [6.07, 6.45) is 3.06. The van der Waals surface area contributed by atoms with E-state index in [2.05, 4.69) is 20.2 Å². The highest BCUT2D eigenvalue weighted by Crippen LogP contribution is 2.18. The van der Waals surface area contributed by atoms with Gasteiger partial charge < -0.3 is 10.3 Å². The monoisotopic (exact) mass is 278 g/mol. The van der Waals surface area contributed by atoms with Crippen LogP contribution in [0.3, 0.4) is 0 Å². The van der Waals surface area contributed by atoms with Gasteiger partial charge in [0.2, 0.25) is 5.91 Å². The molecule has 0 spiro atoms. The minimum atomic E-state index is -0.300. The maximum Gasteiger partial charge on any atom is 0.225 e. The molecule has 1 aromatic heterocycles. The Morgan fingerprint density at radius 3 is 2.90 bits per heavy atom. The fraction of sp³-hybridized carbons (Fsp3) is 0.733. The summed E-state index contributed by atoms with van der Waals surface area (Å²) in [6, 6.07) is 0. The zero-order chi connectivity index (χ0) is 14.8. The third-order valence-electron chi connectivity index (χ3n) is 3.75. The average molecular weight is 278 g/mol. The first-order valence-corrected chi connectivity index (χ1v) is 7.36. The molecule has 2 rings (SSSR count). The number of aryl methyl sites for hydroxylation is 1. The molecule has 5 nitrogen and oxygen atoms in total. The summed E-state index contributed by atoms with van der Waals surface area (Å²) in [5, 5.41) is 3.07. The number of carbonyl (C=O) groups excluding carboxylic acids is 1. The lowest BCUT2D eigenvalue weighted by Crippen LogP contribution is -2.38. The van der Waals surface area contributed by atoms with Crippen molar-refractivity contribution in [2.24, 2.45) is 11.3 Å². The predicted octanol–water partition coefficient (Wildman–Crippen LogP) is 1.70. The molecule has 0 aromatic carbocycles.